The van der Waals surface area contributed by atoms with Crippen molar-refractivity contribution >= 4 is 5.82 Å². The van der Waals surface area contributed by atoms with Crippen LogP contribution in [0.15, 0.2) is 18.2 Å². The zero-order valence-corrected chi connectivity index (χ0v) is 16.4. The van der Waals surface area contributed by atoms with Crippen molar-refractivity contribution in [3.8, 4) is 11.5 Å². The molecule has 1 N–H and O–H groups in total. The minimum absolute atomic E-state index is 0.180. The van der Waals surface area contributed by atoms with Gasteiger partial charge < -0.3 is 19.7 Å². The Kier molecular flexibility index (Phi) is 6.31. The number of rotatable bonds is 8. The monoisotopic (exact) mass is 346 g/mol. The number of ether oxygens (including phenoxy) is 2. The van der Waals surface area contributed by atoms with Crippen LogP contribution in [0.3, 0.4) is 0 Å². The molecule has 0 aliphatic carbocycles. The van der Waals surface area contributed by atoms with Gasteiger partial charge in [-0.2, -0.15) is 5.10 Å². The van der Waals surface area contributed by atoms with Gasteiger partial charge in [0.25, 0.3) is 0 Å². The molecule has 0 saturated carbocycles. The second kappa shape index (κ2) is 8.25. The number of benzene rings is 1. The highest BCUT2D eigenvalue weighted by atomic mass is 16.5. The number of methoxy groups -OCH3 is 1. The third kappa shape index (κ3) is 4.25. The molecule has 0 amide bonds. The predicted octanol–water partition coefficient (Wildman–Crippen LogP) is 3.05. The van der Waals surface area contributed by atoms with E-state index in [1.54, 1.807) is 7.11 Å². The highest BCUT2D eigenvalue weighted by Crippen LogP contribution is 2.30. The van der Waals surface area contributed by atoms with Crippen molar-refractivity contribution in [3.05, 3.63) is 35.0 Å². The topological polar surface area (TPSA) is 51.5 Å². The average molecular weight is 346 g/mol. The van der Waals surface area contributed by atoms with Gasteiger partial charge in [-0.3, -0.25) is 4.68 Å². The Hall–Kier alpha value is -2.21. The van der Waals surface area contributed by atoms with Gasteiger partial charge >= 0.3 is 0 Å². The number of aryl methyl sites for hydroxylation is 2. The van der Waals surface area contributed by atoms with Gasteiger partial charge in [-0.05, 0) is 38.5 Å². The molecular formula is C19H30N4O2. The maximum absolute atomic E-state index is 5.59. The van der Waals surface area contributed by atoms with Crippen molar-refractivity contribution in [3.63, 3.8) is 0 Å². The number of hydrogen-bond donors (Lipinski definition) is 1. The first-order valence-corrected chi connectivity index (χ1v) is 8.62. The summed E-state index contributed by atoms with van der Waals surface area (Å²) in [5.41, 5.74) is 3.43. The van der Waals surface area contributed by atoms with Gasteiger partial charge in [0.15, 0.2) is 11.5 Å². The number of nitrogens with zero attached hydrogens (tertiary/aromatic N) is 3. The molecule has 0 aliphatic rings. The van der Waals surface area contributed by atoms with E-state index >= 15 is 0 Å². The first-order chi connectivity index (χ1) is 11.9. The van der Waals surface area contributed by atoms with E-state index < -0.39 is 0 Å². The minimum atomic E-state index is 0.180. The summed E-state index contributed by atoms with van der Waals surface area (Å²) in [4.78, 5) is 2.10. The zero-order chi connectivity index (χ0) is 18.6. The van der Waals surface area contributed by atoms with Gasteiger partial charge in [-0.1, -0.05) is 6.07 Å². The first kappa shape index (κ1) is 19.1. The van der Waals surface area contributed by atoms with Crippen molar-refractivity contribution in [1.82, 2.24) is 15.1 Å². The summed E-state index contributed by atoms with van der Waals surface area (Å²) >= 11 is 0. The number of nitrogens with one attached hydrogen (secondary N) is 1. The fourth-order valence-electron chi connectivity index (χ4n) is 3.06. The number of aromatic nitrogens is 2. The van der Waals surface area contributed by atoms with Crippen molar-refractivity contribution in [2.24, 2.45) is 7.05 Å². The maximum Gasteiger partial charge on any atom is 0.161 e. The molecule has 0 radical (unpaired) electrons. The standard InChI is InChI=1S/C19H30N4O2/c1-8-25-17-10-9-15(11-18(17)24-7)13(2)20-12-16-14(3)21-23(6)19(16)22(4)5/h9-11,13,20H,8,12H2,1-7H3. The Morgan fingerprint density at radius 1 is 1.28 bits per heavy atom. The van der Waals surface area contributed by atoms with E-state index in [9.17, 15) is 0 Å². The van der Waals surface area contributed by atoms with Crippen molar-refractivity contribution in [1.29, 1.82) is 0 Å². The van der Waals surface area contributed by atoms with Crippen LogP contribution >= 0.6 is 0 Å². The van der Waals surface area contributed by atoms with Gasteiger partial charge in [0, 0.05) is 39.3 Å². The van der Waals surface area contributed by atoms with E-state index in [0.29, 0.717) is 6.61 Å². The number of anilines is 1. The van der Waals surface area contributed by atoms with Gasteiger partial charge in [-0.15, -0.1) is 0 Å². The normalized spacial score (nSPS) is 12.1. The summed E-state index contributed by atoms with van der Waals surface area (Å²) in [7, 11) is 7.73. The van der Waals surface area contributed by atoms with E-state index in [1.165, 1.54) is 5.56 Å². The minimum Gasteiger partial charge on any atom is -0.493 e. The fourth-order valence-corrected chi connectivity index (χ4v) is 3.06. The lowest BCUT2D eigenvalue weighted by Crippen LogP contribution is -2.21. The van der Waals surface area contributed by atoms with Crippen LogP contribution in [-0.2, 0) is 13.6 Å². The molecule has 1 atom stereocenters. The summed E-state index contributed by atoms with van der Waals surface area (Å²) in [5, 5.41) is 8.13. The predicted molar refractivity (Wildman–Crippen MR) is 102 cm³/mol. The summed E-state index contributed by atoms with van der Waals surface area (Å²) in [5.74, 6) is 2.67. The van der Waals surface area contributed by atoms with Crippen molar-refractivity contribution in [2.45, 2.75) is 33.4 Å². The molecule has 0 fully saturated rings. The molecule has 1 aromatic heterocycles. The Morgan fingerprint density at radius 3 is 2.60 bits per heavy atom. The zero-order valence-electron chi connectivity index (χ0n) is 16.4. The molecule has 1 heterocycles. The van der Waals surface area contributed by atoms with E-state index in [1.807, 2.05) is 44.9 Å². The third-order valence-corrected chi connectivity index (χ3v) is 4.31. The van der Waals surface area contributed by atoms with Crippen molar-refractivity contribution in [2.75, 3.05) is 32.7 Å². The van der Waals surface area contributed by atoms with Crippen LogP contribution in [0.1, 0.15) is 36.7 Å². The largest absolute Gasteiger partial charge is 0.493 e. The van der Waals surface area contributed by atoms with E-state index in [2.05, 4.69) is 35.2 Å². The highest BCUT2D eigenvalue weighted by molar-refractivity contribution is 5.49. The smallest absolute Gasteiger partial charge is 0.161 e. The second-order valence-electron chi connectivity index (χ2n) is 6.35. The van der Waals surface area contributed by atoms with Crippen molar-refractivity contribution < 1.29 is 9.47 Å². The van der Waals surface area contributed by atoms with Gasteiger partial charge in [0.05, 0.1) is 19.4 Å². The van der Waals surface area contributed by atoms with Crippen LogP contribution in [0.4, 0.5) is 5.82 Å². The summed E-state index contributed by atoms with van der Waals surface area (Å²) in [6.07, 6.45) is 0. The third-order valence-electron chi connectivity index (χ3n) is 4.31. The SMILES string of the molecule is CCOc1ccc(C(C)NCc2c(C)nn(C)c2N(C)C)cc1OC. The Labute approximate surface area is 150 Å². The highest BCUT2D eigenvalue weighted by Gasteiger charge is 2.16. The number of hydrogen-bond acceptors (Lipinski definition) is 5. The van der Waals surface area contributed by atoms with Crippen LogP contribution in [0, 0.1) is 6.92 Å². The summed E-state index contributed by atoms with van der Waals surface area (Å²) < 4.78 is 13.0. The van der Waals surface area contributed by atoms with Gasteiger partial charge in [0.1, 0.15) is 5.82 Å². The molecule has 138 valence electrons. The molecule has 0 saturated heterocycles. The van der Waals surface area contributed by atoms with Crippen LogP contribution in [0.5, 0.6) is 11.5 Å². The quantitative estimate of drug-likeness (QED) is 0.796. The van der Waals surface area contributed by atoms with Gasteiger partial charge in [0.2, 0.25) is 0 Å². The molecule has 0 aliphatic heterocycles. The molecule has 2 aromatic rings. The van der Waals surface area contributed by atoms with Gasteiger partial charge in [-0.25, -0.2) is 0 Å². The average Bonchev–Trinajstić information content (AvgIpc) is 2.86. The molecule has 2 rings (SSSR count). The fraction of sp³-hybridized carbons (Fsp3) is 0.526. The van der Waals surface area contributed by atoms with Crippen LogP contribution in [0.25, 0.3) is 0 Å². The lowest BCUT2D eigenvalue weighted by Gasteiger charge is -2.19. The lowest BCUT2D eigenvalue weighted by atomic mass is 10.1. The van der Waals surface area contributed by atoms with Crippen LogP contribution < -0.4 is 19.7 Å². The Morgan fingerprint density at radius 2 is 2.00 bits per heavy atom. The molecule has 1 unspecified atom stereocenters. The molecular weight excluding hydrogens is 316 g/mol. The molecule has 0 spiro atoms. The second-order valence-corrected chi connectivity index (χ2v) is 6.35. The van der Waals surface area contributed by atoms with E-state index in [-0.39, 0.29) is 6.04 Å². The summed E-state index contributed by atoms with van der Waals surface area (Å²) in [6.45, 7) is 7.54. The molecule has 0 bridgehead atoms. The summed E-state index contributed by atoms with van der Waals surface area (Å²) in [6, 6.07) is 6.26. The maximum atomic E-state index is 5.59. The Balaban J connectivity index is 2.14. The van der Waals surface area contributed by atoms with Crippen LogP contribution in [-0.4, -0.2) is 37.6 Å². The lowest BCUT2D eigenvalue weighted by molar-refractivity contribution is 0.310. The molecule has 6 heteroatoms. The Bertz CT molecular complexity index is 710. The molecule has 1 aromatic carbocycles. The van der Waals surface area contributed by atoms with E-state index in [0.717, 1.165) is 35.1 Å². The first-order valence-electron chi connectivity index (χ1n) is 8.62. The molecule has 6 nitrogen and oxygen atoms in total. The van der Waals surface area contributed by atoms with E-state index in [4.69, 9.17) is 9.47 Å². The molecule has 25 heavy (non-hydrogen) atoms. The van der Waals surface area contributed by atoms with Crippen LogP contribution in [0.2, 0.25) is 0 Å².